The van der Waals surface area contributed by atoms with Crippen LogP contribution < -0.4 is 10.1 Å². The molecular weight excluding hydrogens is 332 g/mol. The molecule has 3 aromatic rings. The van der Waals surface area contributed by atoms with Crippen molar-refractivity contribution in [1.29, 1.82) is 5.26 Å². The van der Waals surface area contributed by atoms with Crippen molar-refractivity contribution in [3.63, 3.8) is 0 Å². The second-order valence-electron chi connectivity index (χ2n) is 5.96. The number of Topliss-reactive ketones (excluding diaryl/α,β-unsaturated/α-hetero) is 1. The number of carbonyl (C=O) groups excluding carboxylic acids is 2. The molecule has 0 radical (unpaired) electrons. The molecule has 128 valence electrons. The predicted octanol–water partition coefficient (Wildman–Crippen LogP) is 2.39. The fourth-order valence-corrected chi connectivity index (χ4v) is 3.12. The van der Waals surface area contributed by atoms with Crippen LogP contribution in [0.5, 0.6) is 5.75 Å². The maximum absolute atomic E-state index is 13.1. The highest BCUT2D eigenvalue weighted by Gasteiger charge is 2.31. The number of anilines is 1. The second kappa shape index (κ2) is 6.01. The molecule has 26 heavy (non-hydrogen) atoms. The first-order valence-electron chi connectivity index (χ1n) is 8.01. The third-order valence-corrected chi connectivity index (χ3v) is 4.37. The molecular formula is C19H14N4O3. The fraction of sp³-hybridized carbons (Fsp3) is 0.158. The van der Waals surface area contributed by atoms with Crippen molar-refractivity contribution in [3.05, 3.63) is 53.9 Å². The van der Waals surface area contributed by atoms with E-state index in [1.54, 1.807) is 29.8 Å². The van der Waals surface area contributed by atoms with E-state index in [0.29, 0.717) is 11.5 Å². The van der Waals surface area contributed by atoms with Gasteiger partial charge in [0.1, 0.15) is 5.82 Å². The van der Waals surface area contributed by atoms with Crippen molar-refractivity contribution in [1.82, 2.24) is 9.55 Å². The Morgan fingerprint density at radius 1 is 1.31 bits per heavy atom. The van der Waals surface area contributed by atoms with Gasteiger partial charge in [-0.05, 0) is 24.3 Å². The van der Waals surface area contributed by atoms with Crippen LogP contribution in [0.25, 0.3) is 11.0 Å². The molecule has 0 saturated carbocycles. The molecule has 1 aliphatic heterocycles. The average molecular weight is 346 g/mol. The van der Waals surface area contributed by atoms with Gasteiger partial charge in [0.15, 0.2) is 24.1 Å². The minimum Gasteiger partial charge on any atom is -0.481 e. The number of amides is 1. The summed E-state index contributed by atoms with van der Waals surface area (Å²) in [6, 6.07) is 14.4. The first-order valence-corrected chi connectivity index (χ1v) is 8.01. The molecule has 7 heteroatoms. The molecule has 7 nitrogen and oxygen atoms in total. The number of hydrogen-bond donors (Lipinski definition) is 1. The summed E-state index contributed by atoms with van der Waals surface area (Å²) >= 11 is 0. The Kier molecular flexibility index (Phi) is 3.66. The van der Waals surface area contributed by atoms with E-state index in [0.717, 1.165) is 11.0 Å². The second-order valence-corrected chi connectivity index (χ2v) is 5.96. The van der Waals surface area contributed by atoms with E-state index in [1.165, 1.54) is 0 Å². The summed E-state index contributed by atoms with van der Waals surface area (Å²) in [7, 11) is 1.78. The maximum Gasteiger partial charge on any atom is 0.262 e. The van der Waals surface area contributed by atoms with Gasteiger partial charge in [-0.1, -0.05) is 18.2 Å². The lowest BCUT2D eigenvalue weighted by Gasteiger charge is -2.20. The first kappa shape index (κ1) is 15.8. The zero-order valence-corrected chi connectivity index (χ0v) is 13.9. The number of rotatable bonds is 3. The number of benzene rings is 2. The Morgan fingerprint density at radius 2 is 2.12 bits per heavy atom. The minimum atomic E-state index is -1.08. The standard InChI is InChI=1S/C19H14N4O3/c1-23-15-8-3-2-6-13(15)22-19(23)12(9-20)17(25)11-5-4-7-14-18(11)26-10-16(24)21-14/h2-8,12H,10H2,1H3,(H,21,24)/t12-/m1/s1. The van der Waals surface area contributed by atoms with Crippen LogP contribution in [0.4, 0.5) is 5.69 Å². The number of nitriles is 1. The normalized spacial score (nSPS) is 14.1. The van der Waals surface area contributed by atoms with Crippen LogP contribution in [-0.4, -0.2) is 27.8 Å². The number of nitrogens with one attached hydrogen (secondary N) is 1. The van der Waals surface area contributed by atoms with Gasteiger partial charge in [-0.3, -0.25) is 9.59 Å². The Balaban J connectivity index is 1.80. The molecule has 2 heterocycles. The van der Waals surface area contributed by atoms with Gasteiger partial charge < -0.3 is 14.6 Å². The summed E-state index contributed by atoms with van der Waals surface area (Å²) in [5.74, 6) is -1.12. The highest BCUT2D eigenvalue weighted by Crippen LogP contribution is 2.35. The van der Waals surface area contributed by atoms with Crippen molar-refractivity contribution >= 4 is 28.4 Å². The third kappa shape index (κ3) is 2.40. The maximum atomic E-state index is 13.1. The summed E-state index contributed by atoms with van der Waals surface area (Å²) in [5, 5.41) is 12.3. The number of ether oxygens (including phenoxy) is 1. The monoisotopic (exact) mass is 346 g/mol. The lowest BCUT2D eigenvalue weighted by atomic mass is 9.96. The Bertz CT molecular complexity index is 1090. The molecule has 1 aliphatic rings. The quantitative estimate of drug-likeness (QED) is 0.735. The van der Waals surface area contributed by atoms with E-state index in [4.69, 9.17) is 4.74 Å². The highest BCUT2D eigenvalue weighted by atomic mass is 16.5. The Labute approximate surface area is 148 Å². The summed E-state index contributed by atoms with van der Waals surface area (Å²) < 4.78 is 7.19. The van der Waals surface area contributed by atoms with E-state index < -0.39 is 11.7 Å². The van der Waals surface area contributed by atoms with Gasteiger partial charge in [-0.2, -0.15) is 5.26 Å². The number of imidazole rings is 1. The van der Waals surface area contributed by atoms with E-state index in [2.05, 4.69) is 16.4 Å². The van der Waals surface area contributed by atoms with Gasteiger partial charge in [-0.25, -0.2) is 4.98 Å². The smallest absolute Gasteiger partial charge is 0.262 e. The van der Waals surface area contributed by atoms with Gasteiger partial charge in [-0.15, -0.1) is 0 Å². The summed E-state index contributed by atoms with van der Waals surface area (Å²) in [6.07, 6.45) is 0. The lowest BCUT2D eigenvalue weighted by Crippen LogP contribution is -2.27. The van der Waals surface area contributed by atoms with E-state index in [-0.39, 0.29) is 23.8 Å². The number of aromatic nitrogens is 2. The molecule has 0 saturated heterocycles. The van der Waals surface area contributed by atoms with Crippen LogP contribution in [0.2, 0.25) is 0 Å². The van der Waals surface area contributed by atoms with Gasteiger partial charge >= 0.3 is 0 Å². The molecule has 1 aromatic heterocycles. The molecule has 2 aromatic carbocycles. The van der Waals surface area contributed by atoms with Crippen molar-refractivity contribution in [2.45, 2.75) is 5.92 Å². The zero-order chi connectivity index (χ0) is 18.3. The summed E-state index contributed by atoms with van der Waals surface area (Å²) in [4.78, 5) is 29.0. The molecule has 0 aliphatic carbocycles. The van der Waals surface area contributed by atoms with Crippen molar-refractivity contribution < 1.29 is 14.3 Å². The molecule has 0 spiro atoms. The lowest BCUT2D eigenvalue weighted by molar-refractivity contribution is -0.118. The number of para-hydroxylation sites is 3. The van der Waals surface area contributed by atoms with Crippen molar-refractivity contribution in [3.8, 4) is 11.8 Å². The molecule has 4 rings (SSSR count). The molecule has 0 fully saturated rings. The van der Waals surface area contributed by atoms with Gasteiger partial charge in [0.25, 0.3) is 5.91 Å². The van der Waals surface area contributed by atoms with Crippen LogP contribution in [0.15, 0.2) is 42.5 Å². The van der Waals surface area contributed by atoms with Crippen LogP contribution >= 0.6 is 0 Å². The molecule has 1 atom stereocenters. The number of fused-ring (bicyclic) bond motifs is 2. The van der Waals surface area contributed by atoms with Gasteiger partial charge in [0.2, 0.25) is 0 Å². The molecule has 1 amide bonds. The highest BCUT2D eigenvalue weighted by molar-refractivity contribution is 6.08. The van der Waals surface area contributed by atoms with Crippen LogP contribution in [0, 0.1) is 11.3 Å². The van der Waals surface area contributed by atoms with Crippen LogP contribution in [0.3, 0.4) is 0 Å². The zero-order valence-electron chi connectivity index (χ0n) is 13.9. The van der Waals surface area contributed by atoms with E-state index >= 15 is 0 Å². The number of hydrogen-bond acceptors (Lipinski definition) is 5. The van der Waals surface area contributed by atoms with Gasteiger partial charge in [0.05, 0.1) is 28.4 Å². The number of aryl methyl sites for hydroxylation is 1. The Morgan fingerprint density at radius 3 is 2.88 bits per heavy atom. The minimum absolute atomic E-state index is 0.166. The number of nitrogens with zero attached hydrogens (tertiary/aromatic N) is 3. The van der Waals surface area contributed by atoms with Crippen molar-refractivity contribution in [2.75, 3.05) is 11.9 Å². The van der Waals surface area contributed by atoms with Gasteiger partial charge in [0, 0.05) is 7.05 Å². The summed E-state index contributed by atoms with van der Waals surface area (Å²) in [5.41, 5.74) is 2.24. The topological polar surface area (TPSA) is 97.0 Å². The van der Waals surface area contributed by atoms with E-state index in [1.807, 2.05) is 24.3 Å². The molecule has 1 N–H and O–H groups in total. The largest absolute Gasteiger partial charge is 0.481 e. The van der Waals surface area contributed by atoms with Crippen LogP contribution in [0.1, 0.15) is 22.1 Å². The Hall–Kier alpha value is -3.66. The van der Waals surface area contributed by atoms with Crippen molar-refractivity contribution in [2.24, 2.45) is 7.05 Å². The fourth-order valence-electron chi connectivity index (χ4n) is 3.12. The average Bonchev–Trinajstić information content (AvgIpc) is 2.98. The van der Waals surface area contributed by atoms with Crippen LogP contribution in [-0.2, 0) is 11.8 Å². The number of carbonyl (C=O) groups is 2. The first-order chi connectivity index (χ1) is 12.6. The SMILES string of the molecule is Cn1c([C@H](C#N)C(=O)c2cccc3c2OCC(=O)N3)nc2ccccc21. The third-order valence-electron chi connectivity index (χ3n) is 4.37. The predicted molar refractivity (Wildman–Crippen MR) is 94.0 cm³/mol. The molecule has 0 bridgehead atoms. The number of ketones is 1. The summed E-state index contributed by atoms with van der Waals surface area (Å²) in [6.45, 7) is -0.166. The molecule has 0 unspecified atom stereocenters. The van der Waals surface area contributed by atoms with E-state index in [9.17, 15) is 14.9 Å².